The van der Waals surface area contributed by atoms with Crippen LogP contribution in [0.5, 0.6) is 0 Å². The van der Waals surface area contributed by atoms with Gasteiger partial charge in [-0.2, -0.15) is 0 Å². The van der Waals surface area contributed by atoms with Crippen LogP contribution in [0.15, 0.2) is 0 Å². The lowest BCUT2D eigenvalue weighted by Gasteiger charge is -2.36. The van der Waals surface area contributed by atoms with Crippen molar-refractivity contribution < 1.29 is 20.1 Å². The largest absolute Gasteiger partial charge is 0.388 e. The Hall–Kier alpha value is -0.160. The standard InChI is InChI=1S/C7H13O4/c1-3-5(8)7(10)6(9)4(2)11-3/h3,5-10H,1-2H3/t3-,5-,6-,7+/m1/s1. The molecule has 0 aromatic rings. The molecule has 1 aliphatic rings. The smallest absolute Gasteiger partial charge is 0.125 e. The number of aliphatic hydroxyl groups is 3. The molecule has 0 unspecified atom stereocenters. The molecule has 1 rings (SSSR count). The van der Waals surface area contributed by atoms with Gasteiger partial charge < -0.3 is 20.1 Å². The molecule has 4 atom stereocenters. The number of hydrogen-bond acceptors (Lipinski definition) is 4. The molecule has 4 nitrogen and oxygen atoms in total. The second kappa shape index (κ2) is 3.06. The van der Waals surface area contributed by atoms with E-state index in [1.54, 1.807) is 13.8 Å². The number of ether oxygens (including phenoxy) is 1. The van der Waals surface area contributed by atoms with Crippen LogP contribution in [-0.4, -0.2) is 39.7 Å². The van der Waals surface area contributed by atoms with Crippen molar-refractivity contribution in [2.24, 2.45) is 0 Å². The lowest BCUT2D eigenvalue weighted by atomic mass is 9.97. The van der Waals surface area contributed by atoms with Crippen molar-refractivity contribution in [2.45, 2.75) is 38.3 Å². The molecule has 0 aliphatic carbocycles. The quantitative estimate of drug-likeness (QED) is 0.428. The molecule has 4 heteroatoms. The molecule has 0 amide bonds. The van der Waals surface area contributed by atoms with E-state index in [1.807, 2.05) is 0 Å². The zero-order chi connectivity index (χ0) is 8.59. The van der Waals surface area contributed by atoms with Crippen molar-refractivity contribution in [3.8, 4) is 0 Å². The van der Waals surface area contributed by atoms with E-state index in [0.717, 1.165) is 0 Å². The van der Waals surface area contributed by atoms with Gasteiger partial charge in [-0.05, 0) is 13.8 Å². The molecule has 0 bridgehead atoms. The molecule has 0 spiro atoms. The summed E-state index contributed by atoms with van der Waals surface area (Å²) in [7, 11) is 0. The zero-order valence-corrected chi connectivity index (χ0v) is 6.56. The fourth-order valence-electron chi connectivity index (χ4n) is 1.14. The van der Waals surface area contributed by atoms with Gasteiger partial charge >= 0.3 is 0 Å². The maximum absolute atomic E-state index is 9.19. The number of rotatable bonds is 0. The molecule has 11 heavy (non-hydrogen) atoms. The van der Waals surface area contributed by atoms with Gasteiger partial charge in [0.15, 0.2) is 0 Å². The molecule has 0 saturated carbocycles. The van der Waals surface area contributed by atoms with E-state index in [0.29, 0.717) is 6.10 Å². The van der Waals surface area contributed by atoms with Crippen molar-refractivity contribution in [1.29, 1.82) is 0 Å². The monoisotopic (exact) mass is 161 g/mol. The molecule has 3 N–H and O–H groups in total. The fraction of sp³-hybridized carbons (Fsp3) is 0.857. The summed E-state index contributed by atoms with van der Waals surface area (Å²) in [6.45, 7) is 3.22. The number of aliphatic hydroxyl groups excluding tert-OH is 3. The summed E-state index contributed by atoms with van der Waals surface area (Å²) in [5.74, 6) is 0. The average Bonchev–Trinajstić information content (AvgIpc) is 1.97. The average molecular weight is 161 g/mol. The first-order valence-electron chi connectivity index (χ1n) is 3.58. The topological polar surface area (TPSA) is 69.9 Å². The Morgan fingerprint density at radius 2 is 1.73 bits per heavy atom. The van der Waals surface area contributed by atoms with Gasteiger partial charge in [0.1, 0.15) is 24.4 Å². The molecule has 0 aromatic heterocycles. The Kier molecular flexibility index (Phi) is 2.49. The van der Waals surface area contributed by atoms with Crippen LogP contribution in [0.4, 0.5) is 0 Å². The lowest BCUT2D eigenvalue weighted by Crippen LogP contribution is -2.52. The highest BCUT2D eigenvalue weighted by Crippen LogP contribution is 2.24. The second-order valence-electron chi connectivity index (χ2n) is 2.86. The minimum absolute atomic E-state index is 0.357. The predicted octanol–water partition coefficient (Wildman–Crippen LogP) is -0.960. The Bertz CT molecular complexity index is 124. The molecule has 1 fully saturated rings. The van der Waals surface area contributed by atoms with Crippen LogP contribution in [0.2, 0.25) is 0 Å². The normalized spacial score (nSPS) is 47.7. The van der Waals surface area contributed by atoms with Crippen LogP contribution >= 0.6 is 0 Å². The van der Waals surface area contributed by atoms with Crippen LogP contribution in [0.1, 0.15) is 13.8 Å². The predicted molar refractivity (Wildman–Crippen MR) is 37.5 cm³/mol. The third-order valence-corrected chi connectivity index (χ3v) is 1.94. The molecule has 1 aliphatic heterocycles. The van der Waals surface area contributed by atoms with Gasteiger partial charge in [0.2, 0.25) is 0 Å². The molecular weight excluding hydrogens is 148 g/mol. The molecule has 1 heterocycles. The van der Waals surface area contributed by atoms with Crippen molar-refractivity contribution in [3.05, 3.63) is 6.10 Å². The van der Waals surface area contributed by atoms with E-state index < -0.39 is 24.4 Å². The van der Waals surface area contributed by atoms with Crippen LogP contribution in [0, 0.1) is 6.10 Å². The summed E-state index contributed by atoms with van der Waals surface area (Å²) in [6.07, 6.45) is -3.29. The second-order valence-corrected chi connectivity index (χ2v) is 2.86. The molecule has 65 valence electrons. The van der Waals surface area contributed by atoms with E-state index in [-0.39, 0.29) is 0 Å². The fourth-order valence-corrected chi connectivity index (χ4v) is 1.14. The molecule has 0 aromatic carbocycles. The van der Waals surface area contributed by atoms with Crippen molar-refractivity contribution in [3.63, 3.8) is 0 Å². The summed E-state index contributed by atoms with van der Waals surface area (Å²) in [4.78, 5) is 0. The first kappa shape index (κ1) is 8.93. The van der Waals surface area contributed by atoms with Crippen LogP contribution in [0.3, 0.4) is 0 Å². The van der Waals surface area contributed by atoms with Gasteiger partial charge in [-0.15, -0.1) is 0 Å². The Labute approximate surface area is 65.4 Å². The molecule has 1 radical (unpaired) electrons. The van der Waals surface area contributed by atoms with Crippen molar-refractivity contribution in [1.82, 2.24) is 0 Å². The highest BCUT2D eigenvalue weighted by Gasteiger charge is 2.39. The van der Waals surface area contributed by atoms with Crippen molar-refractivity contribution in [2.75, 3.05) is 0 Å². The lowest BCUT2D eigenvalue weighted by molar-refractivity contribution is -0.174. The first-order chi connectivity index (χ1) is 5.04. The van der Waals surface area contributed by atoms with E-state index in [9.17, 15) is 10.2 Å². The van der Waals surface area contributed by atoms with Crippen LogP contribution in [-0.2, 0) is 4.74 Å². The molecule has 1 saturated heterocycles. The molecular formula is C7H13O4. The van der Waals surface area contributed by atoms with Gasteiger partial charge in [-0.3, -0.25) is 0 Å². The SMILES string of the molecule is C[C]1O[C@H](C)[C@@H](O)[C@H](O)[C@@H]1O. The van der Waals surface area contributed by atoms with E-state index in [1.165, 1.54) is 0 Å². The third-order valence-electron chi connectivity index (χ3n) is 1.94. The zero-order valence-electron chi connectivity index (χ0n) is 6.56. The first-order valence-corrected chi connectivity index (χ1v) is 3.58. The highest BCUT2D eigenvalue weighted by molar-refractivity contribution is 4.98. The highest BCUT2D eigenvalue weighted by atomic mass is 16.5. The minimum Gasteiger partial charge on any atom is -0.388 e. The summed E-state index contributed by atoms with van der Waals surface area (Å²) in [6, 6.07) is 0. The summed E-state index contributed by atoms with van der Waals surface area (Å²) >= 11 is 0. The number of hydrogen-bond donors (Lipinski definition) is 3. The van der Waals surface area contributed by atoms with Crippen LogP contribution < -0.4 is 0 Å². The minimum atomic E-state index is -1.13. The van der Waals surface area contributed by atoms with E-state index >= 15 is 0 Å². The van der Waals surface area contributed by atoms with Gasteiger partial charge in [0, 0.05) is 0 Å². The van der Waals surface area contributed by atoms with Gasteiger partial charge in [-0.1, -0.05) is 0 Å². The van der Waals surface area contributed by atoms with E-state index in [2.05, 4.69) is 0 Å². The van der Waals surface area contributed by atoms with Gasteiger partial charge in [0.25, 0.3) is 0 Å². The van der Waals surface area contributed by atoms with E-state index in [4.69, 9.17) is 9.84 Å². The van der Waals surface area contributed by atoms with Gasteiger partial charge in [0.05, 0.1) is 6.10 Å². The van der Waals surface area contributed by atoms with Gasteiger partial charge in [-0.25, -0.2) is 0 Å². The third kappa shape index (κ3) is 1.54. The Morgan fingerprint density at radius 1 is 1.18 bits per heavy atom. The van der Waals surface area contributed by atoms with Crippen molar-refractivity contribution >= 4 is 0 Å². The summed E-state index contributed by atoms with van der Waals surface area (Å²) in [5.41, 5.74) is 0. The maximum atomic E-state index is 9.19. The summed E-state index contributed by atoms with van der Waals surface area (Å²) < 4.78 is 5.04. The Balaban J connectivity index is 2.63. The maximum Gasteiger partial charge on any atom is 0.125 e. The van der Waals surface area contributed by atoms with Crippen LogP contribution in [0.25, 0.3) is 0 Å². The Morgan fingerprint density at radius 3 is 2.27 bits per heavy atom. The summed E-state index contributed by atoms with van der Waals surface area (Å²) in [5, 5.41) is 27.5.